The van der Waals surface area contributed by atoms with Crippen molar-refractivity contribution in [1.29, 1.82) is 0 Å². The Bertz CT molecular complexity index is 1560. The summed E-state index contributed by atoms with van der Waals surface area (Å²) in [4.78, 5) is 22.6. The molecular weight excluding hydrogens is 480 g/mol. The molecule has 0 saturated carbocycles. The fourth-order valence-electron chi connectivity index (χ4n) is 5.44. The van der Waals surface area contributed by atoms with Crippen LogP contribution in [0.25, 0.3) is 21.9 Å². The van der Waals surface area contributed by atoms with Gasteiger partial charge >= 0.3 is 0 Å². The number of rotatable bonds is 7. The summed E-state index contributed by atoms with van der Waals surface area (Å²) < 4.78 is 0. The molecule has 0 atom stereocenters. The van der Waals surface area contributed by atoms with Gasteiger partial charge in [0.05, 0.1) is 5.69 Å². The van der Waals surface area contributed by atoms with E-state index in [2.05, 4.69) is 69.8 Å². The molecule has 5 aromatic rings. The molecule has 1 aromatic heterocycles. The Morgan fingerprint density at radius 1 is 0.821 bits per heavy atom. The van der Waals surface area contributed by atoms with E-state index in [-0.39, 0.29) is 5.91 Å². The fourth-order valence-corrected chi connectivity index (χ4v) is 5.44. The van der Waals surface area contributed by atoms with Gasteiger partial charge in [0.25, 0.3) is 5.91 Å². The number of benzene rings is 4. The first-order valence-electron chi connectivity index (χ1n) is 13.6. The van der Waals surface area contributed by atoms with Crippen LogP contribution in [-0.2, 0) is 6.54 Å². The Kier molecular flexibility index (Phi) is 7.21. The van der Waals surface area contributed by atoms with Crippen molar-refractivity contribution in [3.63, 3.8) is 0 Å². The first-order valence-corrected chi connectivity index (χ1v) is 13.6. The molecule has 0 unspecified atom stereocenters. The lowest BCUT2D eigenvalue weighted by molar-refractivity contribution is 0.0753. The zero-order valence-electron chi connectivity index (χ0n) is 22.0. The third kappa shape index (κ3) is 5.48. The van der Waals surface area contributed by atoms with Crippen LogP contribution in [0, 0.1) is 0 Å². The number of carbonyl (C=O) groups is 1. The van der Waals surface area contributed by atoms with Crippen molar-refractivity contribution in [3.8, 4) is 11.1 Å². The van der Waals surface area contributed by atoms with E-state index in [1.165, 1.54) is 22.4 Å². The maximum absolute atomic E-state index is 13.9. The smallest absolute Gasteiger partial charge is 0.254 e. The molecule has 5 heteroatoms. The van der Waals surface area contributed by atoms with Crippen LogP contribution in [0.5, 0.6) is 0 Å². The van der Waals surface area contributed by atoms with Crippen LogP contribution in [0.3, 0.4) is 0 Å². The molecular formula is C34H32N4O. The summed E-state index contributed by atoms with van der Waals surface area (Å²) in [5, 5.41) is 5.56. The first-order chi connectivity index (χ1) is 19.3. The highest BCUT2D eigenvalue weighted by Crippen LogP contribution is 2.32. The van der Waals surface area contributed by atoms with Crippen LogP contribution in [0.2, 0.25) is 0 Å². The van der Waals surface area contributed by atoms with Gasteiger partial charge < -0.3 is 15.1 Å². The van der Waals surface area contributed by atoms with Crippen LogP contribution >= 0.6 is 0 Å². The van der Waals surface area contributed by atoms with Gasteiger partial charge in [-0.1, -0.05) is 72.8 Å². The number of nitrogens with zero attached hydrogens (tertiary/aromatic N) is 3. The summed E-state index contributed by atoms with van der Waals surface area (Å²) in [6, 6.07) is 35.3. The summed E-state index contributed by atoms with van der Waals surface area (Å²) >= 11 is 0. The molecule has 0 spiro atoms. The Balaban J connectivity index is 1.27. The average molecular weight is 513 g/mol. The van der Waals surface area contributed by atoms with Gasteiger partial charge in [-0.25, -0.2) is 0 Å². The van der Waals surface area contributed by atoms with E-state index in [9.17, 15) is 4.79 Å². The van der Waals surface area contributed by atoms with E-state index < -0.39 is 0 Å². The Hall–Kier alpha value is -4.64. The van der Waals surface area contributed by atoms with Crippen molar-refractivity contribution in [1.82, 2.24) is 9.88 Å². The fraction of sp³-hybridized carbons (Fsp3) is 0.176. The van der Waals surface area contributed by atoms with Crippen LogP contribution in [0.15, 0.2) is 116 Å². The van der Waals surface area contributed by atoms with Crippen molar-refractivity contribution < 1.29 is 4.79 Å². The number of nitrogens with one attached hydrogen (secondary N) is 1. The largest absolute Gasteiger partial charge is 0.384 e. The number of fused-ring (bicyclic) bond motifs is 2. The molecule has 0 fully saturated rings. The molecule has 1 amide bonds. The predicted molar refractivity (Wildman–Crippen MR) is 160 cm³/mol. The molecule has 6 rings (SSSR count). The molecule has 0 saturated heterocycles. The summed E-state index contributed by atoms with van der Waals surface area (Å²) in [5.74, 6) is 0.0861. The van der Waals surface area contributed by atoms with Crippen molar-refractivity contribution in [3.05, 3.63) is 127 Å². The molecule has 1 aliphatic heterocycles. The summed E-state index contributed by atoms with van der Waals surface area (Å²) in [5.41, 5.74) is 6.55. The Labute approximate surface area is 229 Å². The van der Waals surface area contributed by atoms with Gasteiger partial charge in [-0.05, 0) is 64.2 Å². The highest BCUT2D eigenvalue weighted by atomic mass is 16.2. The monoisotopic (exact) mass is 512 g/mol. The highest BCUT2D eigenvalue weighted by Gasteiger charge is 2.25. The van der Waals surface area contributed by atoms with Crippen LogP contribution < -0.4 is 10.2 Å². The standard InChI is InChI=1S/C34H32N4O/c39-34(32-15-6-12-27-11-4-5-14-31(27)32)38-22-21-37(20-8-19-36-30-13-7-18-35-24-30)33-17-16-28(23-29(33)25-38)26-9-2-1-3-10-26/h1-7,9-18,23-24,36H,8,19-22,25H2. The van der Waals surface area contributed by atoms with Crippen LogP contribution in [0.1, 0.15) is 22.3 Å². The van der Waals surface area contributed by atoms with E-state index >= 15 is 0 Å². The lowest BCUT2D eigenvalue weighted by atomic mass is 10.0. The molecule has 194 valence electrons. The highest BCUT2D eigenvalue weighted by molar-refractivity contribution is 6.07. The second-order valence-electron chi connectivity index (χ2n) is 9.97. The topological polar surface area (TPSA) is 48.5 Å². The van der Waals surface area contributed by atoms with Crippen molar-refractivity contribution in [2.24, 2.45) is 0 Å². The molecule has 1 N–H and O–H groups in total. The minimum Gasteiger partial charge on any atom is -0.384 e. The number of hydrogen-bond acceptors (Lipinski definition) is 4. The van der Waals surface area contributed by atoms with Crippen molar-refractivity contribution in [2.75, 3.05) is 36.4 Å². The Morgan fingerprint density at radius 3 is 2.54 bits per heavy atom. The maximum Gasteiger partial charge on any atom is 0.254 e. The SMILES string of the molecule is O=C(c1cccc2ccccc12)N1CCN(CCCNc2cccnc2)c2ccc(-c3ccccc3)cc2C1. The molecule has 2 heterocycles. The lowest BCUT2D eigenvalue weighted by Crippen LogP contribution is -2.36. The summed E-state index contributed by atoms with van der Waals surface area (Å²) in [7, 11) is 0. The molecule has 0 radical (unpaired) electrons. The first kappa shape index (κ1) is 24.7. The zero-order chi connectivity index (χ0) is 26.4. The lowest BCUT2D eigenvalue weighted by Gasteiger charge is -2.25. The molecule has 1 aliphatic rings. The molecule has 5 nitrogen and oxygen atoms in total. The van der Waals surface area contributed by atoms with E-state index in [0.717, 1.165) is 48.1 Å². The van der Waals surface area contributed by atoms with E-state index in [0.29, 0.717) is 13.1 Å². The molecule has 0 bridgehead atoms. The number of carbonyl (C=O) groups excluding carboxylic acids is 1. The summed E-state index contributed by atoms with van der Waals surface area (Å²) in [6.07, 6.45) is 4.61. The molecule has 0 aliphatic carbocycles. The second-order valence-corrected chi connectivity index (χ2v) is 9.97. The maximum atomic E-state index is 13.9. The molecule has 39 heavy (non-hydrogen) atoms. The van der Waals surface area contributed by atoms with Gasteiger partial charge in [-0.2, -0.15) is 0 Å². The average Bonchev–Trinajstić information content (AvgIpc) is 3.18. The number of amides is 1. The van der Waals surface area contributed by atoms with Crippen LogP contribution in [-0.4, -0.2) is 42.0 Å². The minimum absolute atomic E-state index is 0.0861. The predicted octanol–water partition coefficient (Wildman–Crippen LogP) is 6.87. The van der Waals surface area contributed by atoms with Crippen molar-refractivity contribution >= 4 is 28.1 Å². The van der Waals surface area contributed by atoms with Gasteiger partial charge in [0.1, 0.15) is 0 Å². The number of hydrogen-bond donors (Lipinski definition) is 1. The van der Waals surface area contributed by atoms with Crippen molar-refractivity contribution in [2.45, 2.75) is 13.0 Å². The van der Waals surface area contributed by atoms with E-state index in [1.54, 1.807) is 6.20 Å². The summed E-state index contributed by atoms with van der Waals surface area (Å²) in [6.45, 7) is 3.82. The van der Waals surface area contributed by atoms with Gasteiger partial charge in [-0.3, -0.25) is 9.78 Å². The quantitative estimate of drug-likeness (QED) is 0.242. The van der Waals surface area contributed by atoms with E-state index in [1.807, 2.05) is 59.6 Å². The zero-order valence-corrected chi connectivity index (χ0v) is 22.0. The third-order valence-electron chi connectivity index (χ3n) is 7.43. The van der Waals surface area contributed by atoms with Gasteiger partial charge in [-0.15, -0.1) is 0 Å². The minimum atomic E-state index is 0.0861. The normalized spacial score (nSPS) is 13.1. The van der Waals surface area contributed by atoms with Gasteiger partial charge in [0, 0.05) is 56.4 Å². The van der Waals surface area contributed by atoms with Crippen LogP contribution in [0.4, 0.5) is 11.4 Å². The third-order valence-corrected chi connectivity index (χ3v) is 7.43. The second kappa shape index (κ2) is 11.4. The Morgan fingerprint density at radius 2 is 1.67 bits per heavy atom. The van der Waals surface area contributed by atoms with Gasteiger partial charge in [0.2, 0.25) is 0 Å². The molecule has 4 aromatic carbocycles. The number of aromatic nitrogens is 1. The van der Waals surface area contributed by atoms with E-state index in [4.69, 9.17) is 0 Å². The van der Waals surface area contributed by atoms with Gasteiger partial charge in [0.15, 0.2) is 0 Å². The number of anilines is 2. The number of pyridine rings is 1.